The van der Waals surface area contributed by atoms with E-state index < -0.39 is 18.8 Å². The van der Waals surface area contributed by atoms with Gasteiger partial charge in [-0.1, -0.05) is 67.4 Å². The summed E-state index contributed by atoms with van der Waals surface area (Å²) in [6.07, 6.45) is 0.682. The topological polar surface area (TPSA) is 67.4 Å². The minimum Gasteiger partial charge on any atom is -0.371 e. The standard InChI is InChI=1S/C27H29Cl2FN4O2/c1-3-21-24(19-11-10-18(28)14-20(19)29)31-22(4-2)26(32-21)33-25-23(36-13-12-30)16-34(27(25)35)15-17-8-6-5-7-9-17/h5-11,14,23,25H,3-4,12-13,15-16H2,1-2H3,(H,32,33)/t23-,25-/m0/s1. The highest BCUT2D eigenvalue weighted by atomic mass is 35.5. The molecule has 1 saturated heterocycles. The molecule has 1 aliphatic rings. The molecular weight excluding hydrogens is 502 g/mol. The van der Waals surface area contributed by atoms with E-state index in [0.717, 1.165) is 16.8 Å². The molecule has 0 radical (unpaired) electrons. The molecule has 0 bridgehead atoms. The maximum absolute atomic E-state index is 13.4. The molecular formula is C27H29Cl2FN4O2. The molecule has 1 N–H and O–H groups in total. The highest BCUT2D eigenvalue weighted by Gasteiger charge is 2.41. The van der Waals surface area contributed by atoms with Gasteiger partial charge in [-0.25, -0.2) is 14.4 Å². The van der Waals surface area contributed by atoms with E-state index in [1.54, 1.807) is 17.0 Å². The number of nitrogens with zero attached hydrogens (tertiary/aromatic N) is 3. The molecule has 1 amide bonds. The average molecular weight is 531 g/mol. The van der Waals surface area contributed by atoms with Gasteiger partial charge in [0.05, 0.1) is 28.7 Å². The first-order valence-corrected chi connectivity index (χ1v) is 12.8. The van der Waals surface area contributed by atoms with Gasteiger partial charge in [0.25, 0.3) is 0 Å². The fourth-order valence-electron chi connectivity index (χ4n) is 4.37. The van der Waals surface area contributed by atoms with Crippen molar-refractivity contribution in [2.24, 2.45) is 0 Å². The van der Waals surface area contributed by atoms with Gasteiger partial charge in [-0.2, -0.15) is 0 Å². The van der Waals surface area contributed by atoms with Crippen molar-refractivity contribution in [1.29, 1.82) is 0 Å². The number of anilines is 1. The number of ether oxygens (including phenoxy) is 1. The number of alkyl halides is 1. The highest BCUT2D eigenvalue weighted by molar-refractivity contribution is 6.36. The number of aromatic nitrogens is 2. The summed E-state index contributed by atoms with van der Waals surface area (Å²) in [6, 6.07) is 14.3. The van der Waals surface area contributed by atoms with Gasteiger partial charge < -0.3 is 15.0 Å². The lowest BCUT2D eigenvalue weighted by atomic mass is 10.1. The van der Waals surface area contributed by atoms with Crippen LogP contribution in [0.2, 0.25) is 10.0 Å². The van der Waals surface area contributed by atoms with Crippen LogP contribution in [0, 0.1) is 0 Å². The van der Waals surface area contributed by atoms with Crippen LogP contribution >= 0.6 is 23.2 Å². The zero-order chi connectivity index (χ0) is 25.7. The van der Waals surface area contributed by atoms with Crippen LogP contribution in [0.3, 0.4) is 0 Å². The lowest BCUT2D eigenvalue weighted by Crippen LogP contribution is -2.39. The molecule has 0 aliphatic carbocycles. The fraction of sp³-hybridized carbons (Fsp3) is 0.370. The Hall–Kier alpha value is -2.74. The molecule has 0 saturated carbocycles. The average Bonchev–Trinajstić information content (AvgIpc) is 3.17. The van der Waals surface area contributed by atoms with Crippen molar-refractivity contribution in [1.82, 2.24) is 14.9 Å². The number of hydrogen-bond donors (Lipinski definition) is 1. The first kappa shape index (κ1) is 26.3. The van der Waals surface area contributed by atoms with Crippen LogP contribution < -0.4 is 5.32 Å². The minimum absolute atomic E-state index is 0.0736. The number of carbonyl (C=O) groups is 1. The van der Waals surface area contributed by atoms with Crippen molar-refractivity contribution in [3.8, 4) is 11.3 Å². The third-order valence-corrected chi connectivity index (χ3v) is 6.71. The summed E-state index contributed by atoms with van der Waals surface area (Å²) in [6.45, 7) is 4.08. The third kappa shape index (κ3) is 5.80. The maximum Gasteiger partial charge on any atom is 0.248 e. The van der Waals surface area contributed by atoms with Gasteiger partial charge in [-0.3, -0.25) is 4.79 Å². The molecule has 0 spiro atoms. The molecule has 4 rings (SSSR count). The van der Waals surface area contributed by atoms with E-state index in [0.29, 0.717) is 53.2 Å². The number of rotatable bonds is 10. The summed E-state index contributed by atoms with van der Waals surface area (Å²) in [5.74, 6) is 0.409. The summed E-state index contributed by atoms with van der Waals surface area (Å²) >= 11 is 12.6. The number of aryl methyl sites for hydroxylation is 2. The Morgan fingerprint density at radius 3 is 2.50 bits per heavy atom. The molecule has 190 valence electrons. The second kappa shape index (κ2) is 12.0. The summed E-state index contributed by atoms with van der Waals surface area (Å²) < 4.78 is 18.7. The summed E-state index contributed by atoms with van der Waals surface area (Å²) in [4.78, 5) is 24.9. The number of nitrogens with one attached hydrogen (secondary N) is 1. The molecule has 2 aromatic carbocycles. The van der Waals surface area contributed by atoms with Gasteiger partial charge in [-0.15, -0.1) is 0 Å². The fourth-order valence-corrected chi connectivity index (χ4v) is 4.87. The Balaban J connectivity index is 1.65. The molecule has 2 heterocycles. The molecule has 9 heteroatoms. The van der Waals surface area contributed by atoms with Crippen molar-refractivity contribution in [3.05, 3.63) is 75.5 Å². The van der Waals surface area contributed by atoms with E-state index >= 15 is 0 Å². The number of halogens is 3. The van der Waals surface area contributed by atoms with Crippen LogP contribution in [0.4, 0.5) is 10.2 Å². The second-order valence-electron chi connectivity index (χ2n) is 8.57. The Morgan fingerprint density at radius 1 is 1.08 bits per heavy atom. The third-order valence-electron chi connectivity index (χ3n) is 6.16. The summed E-state index contributed by atoms with van der Waals surface area (Å²) in [5, 5.41) is 4.34. The van der Waals surface area contributed by atoms with Gasteiger partial charge in [-0.05, 0) is 36.6 Å². The van der Waals surface area contributed by atoms with Crippen molar-refractivity contribution < 1.29 is 13.9 Å². The van der Waals surface area contributed by atoms with Gasteiger partial charge >= 0.3 is 0 Å². The van der Waals surface area contributed by atoms with Crippen LogP contribution in [-0.4, -0.2) is 52.7 Å². The van der Waals surface area contributed by atoms with E-state index in [2.05, 4.69) is 5.32 Å². The van der Waals surface area contributed by atoms with Crippen LogP contribution in [-0.2, 0) is 28.9 Å². The predicted octanol–water partition coefficient (Wildman–Crippen LogP) is 5.75. The van der Waals surface area contributed by atoms with Crippen molar-refractivity contribution in [3.63, 3.8) is 0 Å². The zero-order valence-electron chi connectivity index (χ0n) is 20.3. The monoisotopic (exact) mass is 530 g/mol. The van der Waals surface area contributed by atoms with Crippen molar-refractivity contribution in [2.45, 2.75) is 45.4 Å². The lowest BCUT2D eigenvalue weighted by molar-refractivity contribution is -0.129. The molecule has 6 nitrogen and oxygen atoms in total. The molecule has 0 unspecified atom stereocenters. The number of hydrogen-bond acceptors (Lipinski definition) is 5. The lowest BCUT2D eigenvalue weighted by Gasteiger charge is -2.21. The van der Waals surface area contributed by atoms with E-state index in [9.17, 15) is 9.18 Å². The summed E-state index contributed by atoms with van der Waals surface area (Å²) in [7, 11) is 0. The zero-order valence-corrected chi connectivity index (χ0v) is 21.8. The smallest absolute Gasteiger partial charge is 0.248 e. The minimum atomic E-state index is -0.700. The predicted molar refractivity (Wildman–Crippen MR) is 141 cm³/mol. The Morgan fingerprint density at radius 2 is 1.83 bits per heavy atom. The SMILES string of the molecule is CCc1nc(-c2ccc(Cl)cc2Cl)c(CC)nc1N[C@@H]1C(=O)N(Cc2ccccc2)C[C@@H]1OCCF. The van der Waals surface area contributed by atoms with E-state index in [-0.39, 0.29) is 12.5 Å². The molecule has 1 aromatic heterocycles. The Kier molecular flexibility index (Phi) is 8.77. The van der Waals surface area contributed by atoms with E-state index in [4.69, 9.17) is 37.9 Å². The van der Waals surface area contributed by atoms with Crippen molar-refractivity contribution in [2.75, 3.05) is 25.1 Å². The summed E-state index contributed by atoms with van der Waals surface area (Å²) in [5.41, 5.74) is 3.90. The van der Waals surface area contributed by atoms with Gasteiger partial charge in [0.1, 0.15) is 24.6 Å². The molecule has 3 aromatic rings. The largest absolute Gasteiger partial charge is 0.371 e. The molecule has 36 heavy (non-hydrogen) atoms. The van der Waals surface area contributed by atoms with E-state index in [1.165, 1.54) is 0 Å². The number of carbonyl (C=O) groups excluding carboxylic acids is 1. The van der Waals surface area contributed by atoms with Crippen LogP contribution in [0.5, 0.6) is 0 Å². The van der Waals surface area contributed by atoms with Crippen LogP contribution in [0.1, 0.15) is 30.8 Å². The normalized spacial score (nSPS) is 17.6. The first-order chi connectivity index (χ1) is 17.4. The number of amides is 1. The Bertz CT molecular complexity index is 1210. The number of likely N-dealkylation sites (tertiary alicyclic amines) is 1. The maximum atomic E-state index is 13.4. The van der Waals surface area contributed by atoms with Crippen molar-refractivity contribution >= 4 is 34.9 Å². The van der Waals surface area contributed by atoms with Crippen LogP contribution in [0.15, 0.2) is 48.5 Å². The van der Waals surface area contributed by atoms with Gasteiger partial charge in [0, 0.05) is 23.7 Å². The van der Waals surface area contributed by atoms with E-state index in [1.807, 2.05) is 50.2 Å². The second-order valence-corrected chi connectivity index (χ2v) is 9.41. The molecule has 2 atom stereocenters. The number of benzene rings is 2. The molecule has 1 aliphatic heterocycles. The Labute approximate surface area is 220 Å². The van der Waals surface area contributed by atoms with Crippen LogP contribution in [0.25, 0.3) is 11.3 Å². The quantitative estimate of drug-likeness (QED) is 0.361. The molecule has 1 fully saturated rings. The first-order valence-electron chi connectivity index (χ1n) is 12.1. The van der Waals surface area contributed by atoms with Gasteiger partial charge in [0.2, 0.25) is 5.91 Å². The highest BCUT2D eigenvalue weighted by Crippen LogP contribution is 2.33. The van der Waals surface area contributed by atoms with Gasteiger partial charge in [0.15, 0.2) is 0 Å².